The molecule has 0 amide bonds. The summed E-state index contributed by atoms with van der Waals surface area (Å²) >= 11 is 5.22. The quantitative estimate of drug-likeness (QED) is 0.540. The van der Waals surface area contributed by atoms with E-state index in [2.05, 4.69) is 57.0 Å². The number of hydrogen-bond acceptors (Lipinski definition) is 2. The van der Waals surface area contributed by atoms with Gasteiger partial charge in [0.2, 0.25) is 0 Å². The summed E-state index contributed by atoms with van der Waals surface area (Å²) in [5.41, 5.74) is 4.05. The average Bonchev–Trinajstić information content (AvgIpc) is 2.92. The summed E-state index contributed by atoms with van der Waals surface area (Å²) < 4.78 is 5.68. The van der Waals surface area contributed by atoms with E-state index in [0.717, 1.165) is 31.4 Å². The Morgan fingerprint density at radius 3 is 2.50 bits per heavy atom. The fourth-order valence-electron chi connectivity index (χ4n) is 1.79. The Hall–Kier alpha value is -0.640. The standard InChI is InChI=1S/C15H17BrOS/c16-11-15-3-1-2-13(10-15)4-7-17-8-5-14-6-9-18-12-14/h1-3,6,9-10,12H,4-5,7-8,11H2. The van der Waals surface area contributed by atoms with Crippen LogP contribution in [0.15, 0.2) is 41.1 Å². The SMILES string of the molecule is BrCc1cccc(CCOCCc2ccsc2)c1. The smallest absolute Gasteiger partial charge is 0.0506 e. The fourth-order valence-corrected chi connectivity index (χ4v) is 2.84. The lowest BCUT2D eigenvalue weighted by Gasteiger charge is -2.05. The van der Waals surface area contributed by atoms with Crippen LogP contribution in [-0.2, 0) is 22.9 Å². The third kappa shape index (κ3) is 4.56. The van der Waals surface area contributed by atoms with Crippen LogP contribution in [0, 0.1) is 0 Å². The minimum absolute atomic E-state index is 0.801. The average molecular weight is 325 g/mol. The molecule has 0 saturated heterocycles. The Kier molecular flexibility index (Phi) is 5.91. The minimum atomic E-state index is 0.801. The number of benzene rings is 1. The Morgan fingerprint density at radius 1 is 1.00 bits per heavy atom. The molecular weight excluding hydrogens is 308 g/mol. The molecule has 18 heavy (non-hydrogen) atoms. The van der Waals surface area contributed by atoms with Crippen molar-refractivity contribution in [2.24, 2.45) is 0 Å². The molecule has 1 aromatic heterocycles. The van der Waals surface area contributed by atoms with E-state index in [9.17, 15) is 0 Å². The number of rotatable bonds is 7. The molecule has 1 heterocycles. The summed E-state index contributed by atoms with van der Waals surface area (Å²) in [5.74, 6) is 0. The van der Waals surface area contributed by atoms with Crippen molar-refractivity contribution < 1.29 is 4.74 Å². The van der Waals surface area contributed by atoms with Gasteiger partial charge >= 0.3 is 0 Å². The van der Waals surface area contributed by atoms with Crippen molar-refractivity contribution in [3.8, 4) is 0 Å². The first-order valence-electron chi connectivity index (χ1n) is 6.11. The molecule has 0 unspecified atom stereocenters. The van der Waals surface area contributed by atoms with Crippen LogP contribution in [-0.4, -0.2) is 13.2 Å². The maximum absolute atomic E-state index is 5.68. The summed E-state index contributed by atoms with van der Waals surface area (Å²) in [6, 6.07) is 10.8. The summed E-state index contributed by atoms with van der Waals surface area (Å²) in [7, 11) is 0. The van der Waals surface area contributed by atoms with Crippen LogP contribution in [0.3, 0.4) is 0 Å². The molecule has 0 spiro atoms. The van der Waals surface area contributed by atoms with Gasteiger partial charge in [-0.25, -0.2) is 0 Å². The second-order valence-electron chi connectivity index (χ2n) is 4.20. The number of halogens is 1. The monoisotopic (exact) mass is 324 g/mol. The zero-order valence-corrected chi connectivity index (χ0v) is 12.7. The van der Waals surface area contributed by atoms with Gasteiger partial charge in [0.15, 0.2) is 0 Å². The molecule has 1 aromatic carbocycles. The van der Waals surface area contributed by atoms with E-state index in [-0.39, 0.29) is 0 Å². The zero-order valence-electron chi connectivity index (χ0n) is 10.3. The van der Waals surface area contributed by atoms with Crippen LogP contribution >= 0.6 is 27.3 Å². The highest BCUT2D eigenvalue weighted by Gasteiger charge is 1.97. The summed E-state index contributed by atoms with van der Waals surface area (Å²) in [6.45, 7) is 1.62. The Balaban J connectivity index is 1.65. The molecule has 96 valence electrons. The maximum Gasteiger partial charge on any atom is 0.0506 e. The Morgan fingerprint density at radius 2 is 1.78 bits per heavy atom. The molecule has 0 fully saturated rings. The van der Waals surface area contributed by atoms with Gasteiger partial charge in [-0.2, -0.15) is 11.3 Å². The van der Waals surface area contributed by atoms with Gasteiger partial charge in [0.05, 0.1) is 13.2 Å². The lowest BCUT2D eigenvalue weighted by molar-refractivity contribution is 0.140. The zero-order chi connectivity index (χ0) is 12.6. The van der Waals surface area contributed by atoms with E-state index in [1.165, 1.54) is 16.7 Å². The van der Waals surface area contributed by atoms with Crippen molar-refractivity contribution in [1.29, 1.82) is 0 Å². The molecule has 0 atom stereocenters. The molecule has 0 bridgehead atoms. The molecule has 2 rings (SSSR count). The third-order valence-electron chi connectivity index (χ3n) is 2.80. The van der Waals surface area contributed by atoms with E-state index >= 15 is 0 Å². The van der Waals surface area contributed by atoms with E-state index in [4.69, 9.17) is 4.74 Å². The lowest BCUT2D eigenvalue weighted by atomic mass is 10.1. The number of thiophene rings is 1. The molecular formula is C15H17BrOS. The maximum atomic E-state index is 5.68. The van der Waals surface area contributed by atoms with Crippen molar-refractivity contribution in [3.05, 3.63) is 57.8 Å². The fraction of sp³-hybridized carbons (Fsp3) is 0.333. The van der Waals surface area contributed by atoms with Crippen LogP contribution in [0.4, 0.5) is 0 Å². The predicted octanol–water partition coefficient (Wildman–Crippen LogP) is 4.44. The third-order valence-corrected chi connectivity index (χ3v) is 4.18. The van der Waals surface area contributed by atoms with Crippen LogP contribution in [0.2, 0.25) is 0 Å². The highest BCUT2D eigenvalue weighted by molar-refractivity contribution is 9.08. The van der Waals surface area contributed by atoms with Crippen LogP contribution < -0.4 is 0 Å². The highest BCUT2D eigenvalue weighted by atomic mass is 79.9. The van der Waals surface area contributed by atoms with E-state index < -0.39 is 0 Å². The first-order chi connectivity index (χ1) is 8.88. The molecule has 1 nitrogen and oxygen atoms in total. The second-order valence-corrected chi connectivity index (χ2v) is 5.54. The first-order valence-corrected chi connectivity index (χ1v) is 8.17. The van der Waals surface area contributed by atoms with Gasteiger partial charge in [-0.3, -0.25) is 0 Å². The molecule has 0 aliphatic carbocycles. The molecule has 0 N–H and O–H groups in total. The molecule has 2 aromatic rings. The molecule has 0 aliphatic rings. The van der Waals surface area contributed by atoms with Gasteiger partial charge in [0.1, 0.15) is 0 Å². The summed E-state index contributed by atoms with van der Waals surface area (Å²) in [4.78, 5) is 0. The van der Waals surface area contributed by atoms with E-state index in [0.29, 0.717) is 0 Å². The van der Waals surface area contributed by atoms with Gasteiger partial charge < -0.3 is 4.74 Å². The van der Waals surface area contributed by atoms with E-state index in [1.807, 2.05) is 0 Å². The van der Waals surface area contributed by atoms with Gasteiger partial charge in [0.25, 0.3) is 0 Å². The van der Waals surface area contributed by atoms with E-state index in [1.54, 1.807) is 11.3 Å². The van der Waals surface area contributed by atoms with Crippen LogP contribution in [0.1, 0.15) is 16.7 Å². The van der Waals surface area contributed by atoms with Crippen molar-refractivity contribution in [3.63, 3.8) is 0 Å². The second kappa shape index (κ2) is 7.72. The number of hydrogen-bond donors (Lipinski definition) is 0. The number of ether oxygens (including phenoxy) is 1. The van der Waals surface area contributed by atoms with Crippen molar-refractivity contribution >= 4 is 27.3 Å². The number of alkyl halides is 1. The molecule has 0 radical (unpaired) electrons. The van der Waals surface area contributed by atoms with Gasteiger partial charge in [-0.15, -0.1) is 0 Å². The Labute approximate surface area is 121 Å². The van der Waals surface area contributed by atoms with Gasteiger partial charge in [-0.05, 0) is 46.4 Å². The normalized spacial score (nSPS) is 10.7. The van der Waals surface area contributed by atoms with Crippen molar-refractivity contribution in [2.45, 2.75) is 18.2 Å². The Bertz CT molecular complexity index is 453. The van der Waals surface area contributed by atoms with Crippen molar-refractivity contribution in [1.82, 2.24) is 0 Å². The molecule has 3 heteroatoms. The molecule has 0 aliphatic heterocycles. The summed E-state index contributed by atoms with van der Waals surface area (Å²) in [5, 5.41) is 5.21. The minimum Gasteiger partial charge on any atom is -0.381 e. The predicted molar refractivity (Wildman–Crippen MR) is 81.6 cm³/mol. The molecule has 0 saturated carbocycles. The van der Waals surface area contributed by atoms with Gasteiger partial charge in [0, 0.05) is 5.33 Å². The summed E-state index contributed by atoms with van der Waals surface area (Å²) in [6.07, 6.45) is 2.01. The lowest BCUT2D eigenvalue weighted by Crippen LogP contribution is -2.02. The first kappa shape index (κ1) is 13.8. The van der Waals surface area contributed by atoms with Gasteiger partial charge in [-0.1, -0.05) is 40.2 Å². The van der Waals surface area contributed by atoms with Crippen molar-refractivity contribution in [2.75, 3.05) is 13.2 Å². The highest BCUT2D eigenvalue weighted by Crippen LogP contribution is 2.10. The largest absolute Gasteiger partial charge is 0.381 e. The van der Waals surface area contributed by atoms with Crippen LogP contribution in [0.5, 0.6) is 0 Å². The van der Waals surface area contributed by atoms with Crippen LogP contribution in [0.25, 0.3) is 0 Å². The topological polar surface area (TPSA) is 9.23 Å².